The van der Waals surface area contributed by atoms with Crippen molar-refractivity contribution in [2.75, 3.05) is 12.3 Å². The zero-order valence-electron chi connectivity index (χ0n) is 12.8. The monoisotopic (exact) mass is 291 g/mol. The maximum Gasteiger partial charge on any atom is 0.292 e. The number of nitrogens with one attached hydrogen (secondary N) is 1. The summed E-state index contributed by atoms with van der Waals surface area (Å²) in [5.74, 6) is 0.0920. The molecule has 0 unspecified atom stereocenters. The van der Waals surface area contributed by atoms with Gasteiger partial charge in [0.2, 0.25) is 0 Å². The molecule has 21 heavy (non-hydrogen) atoms. The Morgan fingerprint density at radius 2 is 1.90 bits per heavy atom. The summed E-state index contributed by atoms with van der Waals surface area (Å²) in [5, 5.41) is 13.7. The Kier molecular flexibility index (Phi) is 3.43. The number of amides is 1. The molecule has 0 heterocycles. The van der Waals surface area contributed by atoms with Crippen LogP contribution in [0.1, 0.15) is 38.1 Å². The lowest BCUT2D eigenvalue weighted by Gasteiger charge is -2.07. The summed E-state index contributed by atoms with van der Waals surface area (Å²) in [5.41, 5.74) is 5.97. The summed E-state index contributed by atoms with van der Waals surface area (Å²) in [7, 11) is 0. The Hall–Kier alpha value is -2.11. The summed E-state index contributed by atoms with van der Waals surface area (Å²) < 4.78 is 0. The van der Waals surface area contributed by atoms with Crippen molar-refractivity contribution in [3.8, 4) is 0 Å². The number of anilines is 1. The predicted molar refractivity (Wildman–Crippen MR) is 80.9 cm³/mol. The molecule has 0 radical (unpaired) electrons. The van der Waals surface area contributed by atoms with E-state index in [9.17, 15) is 14.9 Å². The largest absolute Gasteiger partial charge is 0.393 e. The lowest BCUT2D eigenvalue weighted by Crippen LogP contribution is -2.27. The van der Waals surface area contributed by atoms with Gasteiger partial charge in [0.25, 0.3) is 11.6 Å². The minimum absolute atomic E-state index is 0.0565. The van der Waals surface area contributed by atoms with Crippen LogP contribution in [0.5, 0.6) is 0 Å². The Morgan fingerprint density at radius 1 is 1.33 bits per heavy atom. The average Bonchev–Trinajstić information content (AvgIpc) is 2.77. The molecular formula is C15H21N3O3. The number of nitrogen functional groups attached to an aromatic ring is 1. The van der Waals surface area contributed by atoms with E-state index in [1.54, 1.807) is 0 Å². The van der Waals surface area contributed by atoms with Gasteiger partial charge in [0, 0.05) is 18.2 Å². The van der Waals surface area contributed by atoms with Gasteiger partial charge in [-0.05, 0) is 28.9 Å². The second-order valence-corrected chi connectivity index (χ2v) is 6.74. The number of nitrogens with zero attached hydrogens (tertiary/aromatic N) is 1. The van der Waals surface area contributed by atoms with E-state index < -0.39 is 4.92 Å². The van der Waals surface area contributed by atoms with Crippen molar-refractivity contribution in [3.63, 3.8) is 0 Å². The van der Waals surface area contributed by atoms with E-state index in [0.29, 0.717) is 12.5 Å². The van der Waals surface area contributed by atoms with Crippen molar-refractivity contribution in [1.29, 1.82) is 0 Å². The topological polar surface area (TPSA) is 98.3 Å². The third kappa shape index (κ3) is 2.46. The molecule has 114 valence electrons. The minimum atomic E-state index is -0.584. The maximum absolute atomic E-state index is 12.1. The molecular weight excluding hydrogens is 270 g/mol. The Bertz CT molecular complexity index is 594. The van der Waals surface area contributed by atoms with E-state index in [-0.39, 0.29) is 33.7 Å². The summed E-state index contributed by atoms with van der Waals surface area (Å²) >= 11 is 0. The van der Waals surface area contributed by atoms with Crippen LogP contribution in [-0.4, -0.2) is 17.4 Å². The van der Waals surface area contributed by atoms with Crippen LogP contribution in [0.2, 0.25) is 0 Å². The number of hydrogen-bond acceptors (Lipinski definition) is 4. The number of carbonyl (C=O) groups is 1. The predicted octanol–water partition coefficient (Wildman–Crippen LogP) is 2.59. The van der Waals surface area contributed by atoms with Crippen LogP contribution in [-0.2, 0) is 0 Å². The highest BCUT2D eigenvalue weighted by atomic mass is 16.6. The van der Waals surface area contributed by atoms with E-state index in [1.807, 2.05) is 0 Å². The number of benzene rings is 1. The number of nitrogens with two attached hydrogens (primary N) is 1. The Morgan fingerprint density at radius 3 is 2.38 bits per heavy atom. The number of nitro groups is 1. The van der Waals surface area contributed by atoms with Gasteiger partial charge >= 0.3 is 0 Å². The zero-order chi connectivity index (χ0) is 16.0. The second-order valence-electron chi connectivity index (χ2n) is 6.74. The molecule has 0 saturated heterocycles. The van der Waals surface area contributed by atoms with Crippen LogP contribution in [0.4, 0.5) is 11.4 Å². The molecule has 0 atom stereocenters. The van der Waals surface area contributed by atoms with Crippen LogP contribution < -0.4 is 11.1 Å². The van der Waals surface area contributed by atoms with E-state index in [0.717, 1.165) is 0 Å². The van der Waals surface area contributed by atoms with Crippen molar-refractivity contribution >= 4 is 17.3 Å². The van der Waals surface area contributed by atoms with Gasteiger partial charge in [-0.2, -0.15) is 0 Å². The van der Waals surface area contributed by atoms with Crippen LogP contribution in [0.25, 0.3) is 0 Å². The minimum Gasteiger partial charge on any atom is -0.393 e. The first-order valence-corrected chi connectivity index (χ1v) is 6.91. The third-order valence-electron chi connectivity index (χ3n) is 5.28. The number of hydrogen-bond donors (Lipinski definition) is 2. The highest BCUT2D eigenvalue weighted by Crippen LogP contribution is 2.67. The smallest absolute Gasteiger partial charge is 0.292 e. The van der Waals surface area contributed by atoms with Gasteiger partial charge in [-0.15, -0.1) is 0 Å². The number of carbonyl (C=O) groups excluding carboxylic acids is 1. The first kappa shape index (κ1) is 15.3. The molecule has 0 aromatic heterocycles. The lowest BCUT2D eigenvalue weighted by molar-refractivity contribution is -0.383. The molecule has 6 heteroatoms. The van der Waals surface area contributed by atoms with E-state index in [2.05, 4.69) is 33.0 Å². The molecule has 3 N–H and O–H groups in total. The summed E-state index contributed by atoms with van der Waals surface area (Å²) in [6.45, 7) is 9.28. The van der Waals surface area contributed by atoms with E-state index in [1.165, 1.54) is 18.2 Å². The number of nitro benzene ring substituents is 1. The second kappa shape index (κ2) is 4.72. The van der Waals surface area contributed by atoms with Crippen molar-refractivity contribution < 1.29 is 9.72 Å². The van der Waals surface area contributed by atoms with Gasteiger partial charge in [0.05, 0.1) is 4.92 Å². The van der Waals surface area contributed by atoms with Crippen molar-refractivity contribution in [2.45, 2.75) is 27.7 Å². The Balaban J connectivity index is 2.05. The standard InChI is InChI=1S/C15H21N3O3/c1-14(2)12(15(14,3)4)8-17-13(19)9-5-6-10(16)11(7-9)18(20)21/h5-7,12H,8,16H2,1-4H3,(H,17,19). The van der Waals surface area contributed by atoms with Gasteiger partial charge in [0.1, 0.15) is 5.69 Å². The SMILES string of the molecule is CC1(C)C(CNC(=O)c2ccc(N)c([N+](=O)[O-])c2)C1(C)C. The molecule has 1 aromatic rings. The molecule has 1 saturated carbocycles. The van der Waals surface area contributed by atoms with Crippen molar-refractivity contribution in [1.82, 2.24) is 5.32 Å². The normalized spacial score (nSPS) is 19.0. The molecule has 0 spiro atoms. The first-order valence-electron chi connectivity index (χ1n) is 6.91. The molecule has 1 fully saturated rings. The van der Waals surface area contributed by atoms with Crippen LogP contribution >= 0.6 is 0 Å². The fraction of sp³-hybridized carbons (Fsp3) is 0.533. The van der Waals surface area contributed by atoms with Gasteiger partial charge < -0.3 is 11.1 Å². The van der Waals surface area contributed by atoms with Crippen LogP contribution in [0.15, 0.2) is 18.2 Å². The lowest BCUT2D eigenvalue weighted by atomic mass is 10.0. The molecule has 2 rings (SSSR count). The quantitative estimate of drug-likeness (QED) is 0.506. The molecule has 0 aliphatic heterocycles. The molecule has 1 aliphatic carbocycles. The van der Waals surface area contributed by atoms with Gasteiger partial charge in [0.15, 0.2) is 0 Å². The Labute approximate surface area is 123 Å². The molecule has 1 aliphatic rings. The maximum atomic E-state index is 12.1. The first-order chi connectivity index (χ1) is 9.59. The van der Waals surface area contributed by atoms with Crippen molar-refractivity contribution in [3.05, 3.63) is 33.9 Å². The fourth-order valence-electron chi connectivity index (χ4n) is 2.98. The third-order valence-corrected chi connectivity index (χ3v) is 5.28. The zero-order valence-corrected chi connectivity index (χ0v) is 12.8. The van der Waals surface area contributed by atoms with Gasteiger partial charge in [-0.25, -0.2) is 0 Å². The number of rotatable bonds is 4. The van der Waals surface area contributed by atoms with Gasteiger partial charge in [-0.3, -0.25) is 14.9 Å². The highest BCUT2D eigenvalue weighted by Gasteiger charge is 2.64. The highest BCUT2D eigenvalue weighted by molar-refractivity contribution is 5.95. The van der Waals surface area contributed by atoms with Crippen LogP contribution in [0.3, 0.4) is 0 Å². The molecule has 1 aromatic carbocycles. The summed E-state index contributed by atoms with van der Waals surface area (Å²) in [6.07, 6.45) is 0. The molecule has 0 bridgehead atoms. The molecule has 6 nitrogen and oxygen atoms in total. The molecule has 1 amide bonds. The van der Waals surface area contributed by atoms with Crippen molar-refractivity contribution in [2.24, 2.45) is 16.7 Å². The summed E-state index contributed by atoms with van der Waals surface area (Å²) in [4.78, 5) is 22.4. The van der Waals surface area contributed by atoms with Crippen LogP contribution in [0, 0.1) is 26.9 Å². The van der Waals surface area contributed by atoms with Gasteiger partial charge in [-0.1, -0.05) is 27.7 Å². The fourth-order valence-corrected chi connectivity index (χ4v) is 2.98. The van der Waals surface area contributed by atoms with E-state index in [4.69, 9.17) is 5.73 Å². The summed E-state index contributed by atoms with van der Waals surface area (Å²) in [6, 6.07) is 4.10. The average molecular weight is 291 g/mol. The van der Waals surface area contributed by atoms with E-state index >= 15 is 0 Å².